The summed E-state index contributed by atoms with van der Waals surface area (Å²) in [5.41, 5.74) is 1.88. The fourth-order valence-electron chi connectivity index (χ4n) is 3.35. The molecular formula is C21H25NO4. The lowest BCUT2D eigenvalue weighted by molar-refractivity contribution is -0.168. The van der Waals surface area contributed by atoms with Gasteiger partial charge in [-0.05, 0) is 43.5 Å². The molecule has 0 bridgehead atoms. The van der Waals surface area contributed by atoms with E-state index in [1.54, 1.807) is 4.90 Å². The Bertz CT molecular complexity index is 700. The topological polar surface area (TPSA) is 58.8 Å². The Labute approximate surface area is 154 Å². The maximum Gasteiger partial charge on any atom is 0.288 e. The highest BCUT2D eigenvalue weighted by Crippen LogP contribution is 2.40. The molecule has 0 aromatic heterocycles. The molecule has 0 spiro atoms. The molecule has 0 unspecified atom stereocenters. The standard InChI is InChI=1S/C21H25NO4/c1-3-15-7-9-16(10-8-15)18-14-19(20(24)22-11-12-22)26-21(25-4-2)17(18)6-5-13-23/h1,7-10,14,17-18,21,23H,4-6,11-13H2,2H3/t17-,18+,21+/m0/s1. The van der Waals surface area contributed by atoms with Gasteiger partial charge in [0.25, 0.3) is 5.91 Å². The van der Waals surface area contributed by atoms with Crippen LogP contribution < -0.4 is 0 Å². The maximum absolute atomic E-state index is 12.5. The molecule has 3 atom stereocenters. The van der Waals surface area contributed by atoms with E-state index in [0.29, 0.717) is 18.8 Å². The number of carbonyl (C=O) groups excluding carboxylic acids is 1. The molecule has 2 aliphatic heterocycles. The van der Waals surface area contributed by atoms with Crippen molar-refractivity contribution in [3.05, 3.63) is 47.2 Å². The summed E-state index contributed by atoms with van der Waals surface area (Å²) in [5, 5.41) is 9.28. The molecule has 2 aliphatic rings. The van der Waals surface area contributed by atoms with Crippen molar-refractivity contribution in [3.63, 3.8) is 0 Å². The number of carbonyl (C=O) groups is 1. The number of ether oxygens (including phenoxy) is 2. The van der Waals surface area contributed by atoms with Gasteiger partial charge >= 0.3 is 0 Å². The molecule has 1 saturated heterocycles. The van der Waals surface area contributed by atoms with Gasteiger partial charge in [-0.15, -0.1) is 6.42 Å². The van der Waals surface area contributed by atoms with Gasteiger partial charge in [0.15, 0.2) is 5.76 Å². The predicted octanol–water partition coefficient (Wildman–Crippen LogP) is 2.26. The zero-order valence-corrected chi connectivity index (χ0v) is 15.1. The summed E-state index contributed by atoms with van der Waals surface area (Å²) in [7, 11) is 0. The van der Waals surface area contributed by atoms with Crippen LogP contribution in [0, 0.1) is 18.3 Å². The minimum Gasteiger partial charge on any atom is -0.459 e. The Kier molecular flexibility index (Phi) is 5.97. The summed E-state index contributed by atoms with van der Waals surface area (Å²) in [5.74, 6) is 2.88. The van der Waals surface area contributed by atoms with Crippen molar-refractivity contribution in [2.24, 2.45) is 5.92 Å². The van der Waals surface area contributed by atoms with E-state index in [1.165, 1.54) is 0 Å². The van der Waals surface area contributed by atoms with Crippen LogP contribution in [0.15, 0.2) is 36.1 Å². The number of aliphatic hydroxyl groups excluding tert-OH is 1. The molecule has 5 heteroatoms. The van der Waals surface area contributed by atoms with Crippen molar-refractivity contribution in [1.82, 2.24) is 4.90 Å². The van der Waals surface area contributed by atoms with Crippen LogP contribution in [-0.4, -0.2) is 48.5 Å². The van der Waals surface area contributed by atoms with Gasteiger partial charge in [-0.2, -0.15) is 0 Å². The number of hydrogen-bond donors (Lipinski definition) is 1. The number of rotatable bonds is 7. The van der Waals surface area contributed by atoms with E-state index in [0.717, 1.165) is 30.6 Å². The third-order valence-corrected chi connectivity index (χ3v) is 4.82. The molecular weight excluding hydrogens is 330 g/mol. The van der Waals surface area contributed by atoms with Gasteiger partial charge in [-0.1, -0.05) is 18.1 Å². The van der Waals surface area contributed by atoms with Crippen LogP contribution in [0.5, 0.6) is 0 Å². The first kappa shape index (κ1) is 18.5. The molecule has 2 heterocycles. The highest BCUT2D eigenvalue weighted by molar-refractivity contribution is 5.93. The smallest absolute Gasteiger partial charge is 0.288 e. The first-order valence-corrected chi connectivity index (χ1v) is 9.14. The molecule has 0 radical (unpaired) electrons. The van der Waals surface area contributed by atoms with Crippen molar-refractivity contribution in [2.75, 3.05) is 26.3 Å². The second-order valence-corrected chi connectivity index (χ2v) is 6.59. The minimum absolute atomic E-state index is 0.0181. The van der Waals surface area contributed by atoms with E-state index in [4.69, 9.17) is 15.9 Å². The summed E-state index contributed by atoms with van der Waals surface area (Å²) in [4.78, 5) is 14.3. The molecule has 1 amide bonds. The van der Waals surface area contributed by atoms with Crippen molar-refractivity contribution in [3.8, 4) is 12.3 Å². The highest BCUT2D eigenvalue weighted by atomic mass is 16.7. The lowest BCUT2D eigenvalue weighted by Crippen LogP contribution is -2.37. The maximum atomic E-state index is 12.5. The quantitative estimate of drug-likeness (QED) is 0.602. The Balaban J connectivity index is 1.94. The van der Waals surface area contributed by atoms with Gasteiger partial charge in [0.05, 0.1) is 0 Å². The zero-order chi connectivity index (χ0) is 18.5. The molecule has 1 aromatic carbocycles. The van der Waals surface area contributed by atoms with Crippen molar-refractivity contribution < 1.29 is 19.4 Å². The van der Waals surface area contributed by atoms with Crippen molar-refractivity contribution >= 4 is 5.91 Å². The van der Waals surface area contributed by atoms with Crippen LogP contribution in [0.3, 0.4) is 0 Å². The lowest BCUT2D eigenvalue weighted by Gasteiger charge is -2.37. The average molecular weight is 355 g/mol. The number of amides is 1. The fraction of sp³-hybridized carbons (Fsp3) is 0.476. The summed E-state index contributed by atoms with van der Waals surface area (Å²) in [6.07, 6.45) is 8.25. The monoisotopic (exact) mass is 355 g/mol. The van der Waals surface area contributed by atoms with Crippen LogP contribution in [0.4, 0.5) is 0 Å². The van der Waals surface area contributed by atoms with Crippen LogP contribution in [0.1, 0.15) is 36.8 Å². The van der Waals surface area contributed by atoms with Crippen LogP contribution in [-0.2, 0) is 14.3 Å². The SMILES string of the molecule is C#Cc1ccc([C@H]2C=C(C(=O)N3CC3)O[C@@H](OCC)[C@H]2CCCO)cc1. The van der Waals surface area contributed by atoms with Crippen LogP contribution in [0.25, 0.3) is 0 Å². The number of aliphatic hydroxyl groups is 1. The predicted molar refractivity (Wildman–Crippen MR) is 98.1 cm³/mol. The molecule has 1 fully saturated rings. The van der Waals surface area contributed by atoms with Gasteiger partial charge in [0.1, 0.15) is 0 Å². The number of nitrogens with zero attached hydrogens (tertiary/aromatic N) is 1. The summed E-state index contributed by atoms with van der Waals surface area (Å²) in [6.45, 7) is 4.06. The molecule has 5 nitrogen and oxygen atoms in total. The van der Waals surface area contributed by atoms with E-state index in [2.05, 4.69) is 5.92 Å². The van der Waals surface area contributed by atoms with E-state index >= 15 is 0 Å². The highest BCUT2D eigenvalue weighted by Gasteiger charge is 2.40. The fourth-order valence-corrected chi connectivity index (χ4v) is 3.35. The average Bonchev–Trinajstić information content (AvgIpc) is 3.51. The van der Waals surface area contributed by atoms with Gasteiger partial charge in [0, 0.05) is 43.7 Å². The number of terminal acetylenes is 1. The Hall–Kier alpha value is -2.29. The van der Waals surface area contributed by atoms with E-state index < -0.39 is 6.29 Å². The number of hydrogen-bond acceptors (Lipinski definition) is 4. The van der Waals surface area contributed by atoms with Gasteiger partial charge in [0.2, 0.25) is 6.29 Å². The summed E-state index contributed by atoms with van der Waals surface area (Å²) >= 11 is 0. The molecule has 3 rings (SSSR count). The van der Waals surface area contributed by atoms with Gasteiger partial charge in [-0.3, -0.25) is 4.79 Å². The van der Waals surface area contributed by atoms with Gasteiger partial charge < -0.3 is 19.5 Å². The third kappa shape index (κ3) is 4.09. The molecule has 0 aliphatic carbocycles. The zero-order valence-electron chi connectivity index (χ0n) is 15.1. The minimum atomic E-state index is -0.507. The third-order valence-electron chi connectivity index (χ3n) is 4.82. The lowest BCUT2D eigenvalue weighted by atomic mass is 9.80. The molecule has 1 N–H and O–H groups in total. The molecule has 26 heavy (non-hydrogen) atoms. The Morgan fingerprint density at radius 2 is 2.12 bits per heavy atom. The van der Waals surface area contributed by atoms with E-state index in [1.807, 2.05) is 37.3 Å². The van der Waals surface area contributed by atoms with E-state index in [9.17, 15) is 9.90 Å². The molecule has 0 saturated carbocycles. The molecule has 1 aromatic rings. The largest absolute Gasteiger partial charge is 0.459 e. The molecule has 138 valence electrons. The van der Waals surface area contributed by atoms with E-state index in [-0.39, 0.29) is 24.3 Å². The Morgan fingerprint density at radius 1 is 1.38 bits per heavy atom. The number of allylic oxidation sites excluding steroid dienone is 1. The van der Waals surface area contributed by atoms with Crippen molar-refractivity contribution in [1.29, 1.82) is 0 Å². The summed E-state index contributed by atoms with van der Waals surface area (Å²) in [6, 6.07) is 7.80. The van der Waals surface area contributed by atoms with Gasteiger partial charge in [-0.25, -0.2) is 0 Å². The Morgan fingerprint density at radius 3 is 2.69 bits per heavy atom. The second kappa shape index (κ2) is 8.39. The number of benzene rings is 1. The van der Waals surface area contributed by atoms with Crippen LogP contribution in [0.2, 0.25) is 0 Å². The van der Waals surface area contributed by atoms with Crippen molar-refractivity contribution in [2.45, 2.75) is 32.0 Å². The summed E-state index contributed by atoms with van der Waals surface area (Å²) < 4.78 is 11.8. The first-order chi connectivity index (χ1) is 12.7. The van der Waals surface area contributed by atoms with Crippen LogP contribution >= 0.6 is 0 Å². The normalized spacial score (nSPS) is 24.4. The second-order valence-electron chi connectivity index (χ2n) is 6.59. The first-order valence-electron chi connectivity index (χ1n) is 9.14.